The van der Waals surface area contributed by atoms with Crippen molar-refractivity contribution in [2.75, 3.05) is 6.61 Å². The first kappa shape index (κ1) is 30.5. The molecule has 0 saturated carbocycles. The number of esters is 1. The van der Waals surface area contributed by atoms with E-state index >= 15 is 0 Å². The summed E-state index contributed by atoms with van der Waals surface area (Å²) in [7, 11) is 0. The van der Waals surface area contributed by atoms with Crippen molar-refractivity contribution in [1.29, 1.82) is 0 Å². The molecule has 0 aliphatic carbocycles. The van der Waals surface area contributed by atoms with Crippen LogP contribution in [0.2, 0.25) is 10.0 Å². The Morgan fingerprint density at radius 2 is 1.84 bits per heavy atom. The number of ether oxygens (including phenoxy) is 2. The Morgan fingerprint density at radius 3 is 2.53 bits per heavy atom. The van der Waals surface area contributed by atoms with E-state index < -0.39 is 12.0 Å². The summed E-state index contributed by atoms with van der Waals surface area (Å²) < 4.78 is 13.6. The zero-order valence-electron chi connectivity index (χ0n) is 24.0. The van der Waals surface area contributed by atoms with Crippen LogP contribution in [0.3, 0.4) is 0 Å². The number of aromatic nitrogens is 1. The van der Waals surface area contributed by atoms with Gasteiger partial charge in [0.1, 0.15) is 12.4 Å². The number of carbonyl (C=O) groups is 1. The molecule has 9 heteroatoms. The fourth-order valence-corrected chi connectivity index (χ4v) is 6.31. The lowest BCUT2D eigenvalue weighted by Gasteiger charge is -2.24. The summed E-state index contributed by atoms with van der Waals surface area (Å²) in [5.74, 6) is 0.229. The van der Waals surface area contributed by atoms with E-state index in [4.69, 9.17) is 32.7 Å². The van der Waals surface area contributed by atoms with E-state index in [1.54, 1.807) is 36.6 Å². The van der Waals surface area contributed by atoms with Gasteiger partial charge in [0.2, 0.25) is 0 Å². The monoisotopic (exact) mass is 632 g/mol. The second-order valence-corrected chi connectivity index (χ2v) is 11.9. The highest BCUT2D eigenvalue weighted by molar-refractivity contribution is 7.07. The summed E-state index contributed by atoms with van der Waals surface area (Å²) in [6, 6.07) is 18.3. The Morgan fingerprint density at radius 1 is 1.07 bits per heavy atom. The SMILES string of the molecule is C=CCc1cc(/C=c2/sc3n(c2=O)[C@@H](c2ccc(C)cc2)C(C(=O)OCC)=C(C)N=3)ccc1OCc1ccc(Cl)c(Cl)c1. The molecular weight excluding hydrogens is 603 g/mol. The normalized spacial score (nSPS) is 14.7. The summed E-state index contributed by atoms with van der Waals surface area (Å²) >= 11 is 13.5. The first-order chi connectivity index (χ1) is 20.7. The number of hydrogen-bond donors (Lipinski definition) is 0. The van der Waals surface area contributed by atoms with Crippen molar-refractivity contribution >= 4 is 46.6 Å². The molecule has 1 atom stereocenters. The molecule has 0 fully saturated rings. The molecule has 0 radical (unpaired) electrons. The Balaban J connectivity index is 1.54. The predicted molar refractivity (Wildman–Crippen MR) is 173 cm³/mol. The zero-order chi connectivity index (χ0) is 30.7. The Hall–Kier alpha value is -3.91. The fourth-order valence-electron chi connectivity index (χ4n) is 4.94. The van der Waals surface area contributed by atoms with Crippen LogP contribution in [0.15, 0.2) is 94.4 Å². The number of benzene rings is 3. The smallest absolute Gasteiger partial charge is 0.338 e. The maximum atomic E-state index is 13.9. The number of fused-ring (bicyclic) bond motifs is 1. The van der Waals surface area contributed by atoms with Crippen molar-refractivity contribution in [3.8, 4) is 5.75 Å². The lowest BCUT2D eigenvalue weighted by atomic mass is 9.95. The van der Waals surface area contributed by atoms with Gasteiger partial charge in [-0.1, -0.05) is 82.6 Å². The van der Waals surface area contributed by atoms with Crippen LogP contribution < -0.4 is 19.6 Å². The van der Waals surface area contributed by atoms with Crippen LogP contribution in [0.25, 0.3) is 6.08 Å². The molecule has 0 N–H and O–H groups in total. The third kappa shape index (κ3) is 6.54. The van der Waals surface area contributed by atoms with Crippen LogP contribution in [0.5, 0.6) is 5.75 Å². The van der Waals surface area contributed by atoms with Crippen LogP contribution in [0.4, 0.5) is 0 Å². The number of carbonyl (C=O) groups excluding carboxylic acids is 1. The van der Waals surface area contributed by atoms with E-state index in [9.17, 15) is 9.59 Å². The topological polar surface area (TPSA) is 69.9 Å². The Bertz CT molecular complexity index is 1920. The van der Waals surface area contributed by atoms with Crippen molar-refractivity contribution in [1.82, 2.24) is 4.57 Å². The molecule has 0 amide bonds. The molecule has 0 saturated heterocycles. The predicted octanol–water partition coefficient (Wildman–Crippen LogP) is 6.72. The quantitative estimate of drug-likeness (QED) is 0.152. The lowest BCUT2D eigenvalue weighted by molar-refractivity contribution is -0.139. The largest absolute Gasteiger partial charge is 0.489 e. The summed E-state index contributed by atoms with van der Waals surface area (Å²) in [5.41, 5.74) is 5.21. The number of hydrogen-bond acceptors (Lipinski definition) is 6. The minimum absolute atomic E-state index is 0.223. The molecule has 220 valence electrons. The van der Waals surface area contributed by atoms with Gasteiger partial charge in [0.25, 0.3) is 5.56 Å². The van der Waals surface area contributed by atoms with Crippen molar-refractivity contribution in [2.45, 2.75) is 39.8 Å². The molecule has 1 aliphatic heterocycles. The summed E-state index contributed by atoms with van der Waals surface area (Å²) in [5, 5.41) is 0.963. The molecule has 5 rings (SSSR count). The molecule has 0 unspecified atom stereocenters. The number of aryl methyl sites for hydroxylation is 1. The molecule has 3 aromatic carbocycles. The van der Waals surface area contributed by atoms with Gasteiger partial charge in [-0.2, -0.15) is 0 Å². The highest BCUT2D eigenvalue weighted by atomic mass is 35.5. The Labute approximate surface area is 263 Å². The minimum Gasteiger partial charge on any atom is -0.489 e. The van der Waals surface area contributed by atoms with Gasteiger partial charge in [-0.15, -0.1) is 6.58 Å². The van der Waals surface area contributed by atoms with Crippen molar-refractivity contribution in [2.24, 2.45) is 4.99 Å². The van der Waals surface area contributed by atoms with Crippen LogP contribution >= 0.6 is 34.5 Å². The number of halogens is 2. The fraction of sp³-hybridized carbons (Fsp3) is 0.206. The van der Waals surface area contributed by atoms with Gasteiger partial charge in [-0.3, -0.25) is 9.36 Å². The molecule has 2 heterocycles. The van der Waals surface area contributed by atoms with Crippen LogP contribution in [0.1, 0.15) is 47.7 Å². The molecule has 43 heavy (non-hydrogen) atoms. The van der Waals surface area contributed by atoms with Crippen LogP contribution in [0, 0.1) is 6.92 Å². The third-order valence-corrected chi connectivity index (χ3v) is 8.76. The molecule has 1 aromatic heterocycles. The number of nitrogens with zero attached hydrogens (tertiary/aromatic N) is 2. The van der Waals surface area contributed by atoms with E-state index in [1.807, 2.05) is 61.5 Å². The second kappa shape index (κ2) is 13.2. The number of thiazole rings is 1. The average Bonchev–Trinajstić information content (AvgIpc) is 3.28. The van der Waals surface area contributed by atoms with E-state index in [0.717, 1.165) is 27.8 Å². The summed E-state index contributed by atoms with van der Waals surface area (Å²) in [4.78, 5) is 32.2. The number of allylic oxidation sites excluding steroid dienone is 2. The van der Waals surface area contributed by atoms with Gasteiger partial charge in [0.15, 0.2) is 4.80 Å². The zero-order valence-corrected chi connectivity index (χ0v) is 26.4. The van der Waals surface area contributed by atoms with E-state index in [-0.39, 0.29) is 12.2 Å². The summed E-state index contributed by atoms with van der Waals surface area (Å²) in [6.45, 7) is 9.96. The van der Waals surface area contributed by atoms with Gasteiger partial charge in [0.05, 0.1) is 38.5 Å². The van der Waals surface area contributed by atoms with Crippen molar-refractivity contribution in [3.05, 3.63) is 142 Å². The average molecular weight is 634 g/mol. The van der Waals surface area contributed by atoms with E-state index in [2.05, 4.69) is 11.6 Å². The lowest BCUT2D eigenvalue weighted by Crippen LogP contribution is -2.39. The van der Waals surface area contributed by atoms with E-state index in [1.165, 1.54) is 11.3 Å². The second-order valence-electron chi connectivity index (χ2n) is 10.1. The van der Waals surface area contributed by atoms with Crippen molar-refractivity contribution < 1.29 is 14.3 Å². The van der Waals surface area contributed by atoms with E-state index in [0.29, 0.717) is 49.4 Å². The van der Waals surface area contributed by atoms with Gasteiger partial charge in [-0.05, 0) is 79.8 Å². The first-order valence-corrected chi connectivity index (χ1v) is 15.3. The number of rotatable bonds is 9. The maximum Gasteiger partial charge on any atom is 0.338 e. The molecule has 0 spiro atoms. The molecular formula is C34H30Cl2N2O4S. The third-order valence-electron chi connectivity index (χ3n) is 7.04. The van der Waals surface area contributed by atoms with Crippen LogP contribution in [-0.2, 0) is 22.6 Å². The minimum atomic E-state index is -0.647. The van der Waals surface area contributed by atoms with Crippen molar-refractivity contribution in [3.63, 3.8) is 0 Å². The van der Waals surface area contributed by atoms with Gasteiger partial charge in [0, 0.05) is 0 Å². The van der Waals surface area contributed by atoms with Gasteiger partial charge < -0.3 is 9.47 Å². The molecule has 1 aliphatic rings. The molecule has 0 bridgehead atoms. The highest BCUT2D eigenvalue weighted by Crippen LogP contribution is 2.31. The molecule has 6 nitrogen and oxygen atoms in total. The maximum absolute atomic E-state index is 13.9. The van der Waals surface area contributed by atoms with Gasteiger partial charge in [-0.25, -0.2) is 9.79 Å². The van der Waals surface area contributed by atoms with Crippen LogP contribution in [-0.4, -0.2) is 17.1 Å². The Kier molecular flexibility index (Phi) is 9.35. The first-order valence-electron chi connectivity index (χ1n) is 13.8. The standard InChI is InChI=1S/C34H30Cl2N2O4S/c1-5-7-25-16-22(11-15-28(25)42-19-23-10-14-26(35)27(36)17-23)18-29-32(39)38-31(24-12-8-20(3)9-13-24)30(33(40)41-6-2)21(4)37-34(38)43-29/h5,8-18,31H,1,6-7,19H2,2-4H3/b29-18+/t31-/m0/s1. The summed E-state index contributed by atoms with van der Waals surface area (Å²) in [6.07, 6.45) is 4.23. The van der Waals surface area contributed by atoms with Gasteiger partial charge >= 0.3 is 5.97 Å². The highest BCUT2D eigenvalue weighted by Gasteiger charge is 2.33. The molecule has 4 aromatic rings.